The minimum Gasteiger partial charge on any atom is -0.282 e. The molecule has 0 bridgehead atoms. The van der Waals surface area contributed by atoms with E-state index in [1.54, 1.807) is 0 Å². The lowest BCUT2D eigenvalue weighted by molar-refractivity contribution is -0.115. The van der Waals surface area contributed by atoms with Crippen LogP contribution in [-0.2, 0) is 4.79 Å². The first kappa shape index (κ1) is 7.94. The number of thioether (sulfide) groups is 2. The fraction of sp³-hybridized carbons (Fsp3) is 0.143. The van der Waals surface area contributed by atoms with Gasteiger partial charge in [-0.05, 0) is 23.6 Å². The molecule has 2 heterocycles. The highest BCUT2D eigenvalue weighted by Crippen LogP contribution is 2.38. The fourth-order valence-electron chi connectivity index (χ4n) is 0.977. The molecule has 1 saturated heterocycles. The number of hydrogen-bond donors (Lipinski definition) is 1. The number of carbonyl (C=O) groups is 2. The molecule has 2 rings (SSSR count). The average Bonchev–Trinajstić information content (AvgIpc) is 2.58. The van der Waals surface area contributed by atoms with Gasteiger partial charge in [-0.15, -0.1) is 11.8 Å². The minimum absolute atomic E-state index is 0.254. The fourth-order valence-corrected chi connectivity index (χ4v) is 2.67. The molecule has 0 aromatic carbocycles. The number of nitrogens with one attached hydrogen (secondary N) is 1. The maximum absolute atomic E-state index is 11.1. The second-order valence-electron chi connectivity index (χ2n) is 2.29. The zero-order valence-corrected chi connectivity index (χ0v) is 7.63. The lowest BCUT2D eigenvalue weighted by Crippen LogP contribution is -2.18. The number of allylic oxidation sites excluding steroid dienone is 2. The van der Waals surface area contributed by atoms with Crippen LogP contribution in [0.1, 0.15) is 6.42 Å². The third-order valence-corrected chi connectivity index (χ3v) is 3.52. The van der Waals surface area contributed by atoms with Crippen molar-refractivity contribution in [2.75, 3.05) is 0 Å². The summed E-state index contributed by atoms with van der Waals surface area (Å²) in [6.07, 6.45) is 2.75. The number of rotatable bonds is 0. The van der Waals surface area contributed by atoms with E-state index in [1.165, 1.54) is 11.8 Å². The first-order valence-electron chi connectivity index (χ1n) is 3.35. The van der Waals surface area contributed by atoms with Gasteiger partial charge in [-0.25, -0.2) is 0 Å². The largest absolute Gasteiger partial charge is 0.290 e. The van der Waals surface area contributed by atoms with Crippen molar-refractivity contribution in [3.8, 4) is 0 Å². The maximum atomic E-state index is 11.1. The van der Waals surface area contributed by atoms with Gasteiger partial charge in [0.05, 0.1) is 4.91 Å². The maximum Gasteiger partial charge on any atom is 0.290 e. The third kappa shape index (κ3) is 1.30. The molecule has 0 aliphatic carbocycles. The zero-order chi connectivity index (χ0) is 8.55. The Labute approximate surface area is 77.7 Å². The van der Waals surface area contributed by atoms with Crippen LogP contribution in [0.2, 0.25) is 0 Å². The first-order chi connectivity index (χ1) is 5.77. The standard InChI is InChI=1S/C7H5NO2S2/c9-6-5(12-7(10)8-6)4-2-1-3-11-4/h1,3H,2H2,(H,8,9,10)/b5-4-. The van der Waals surface area contributed by atoms with E-state index in [-0.39, 0.29) is 11.1 Å². The van der Waals surface area contributed by atoms with E-state index in [9.17, 15) is 9.59 Å². The van der Waals surface area contributed by atoms with E-state index in [2.05, 4.69) is 5.32 Å². The molecule has 0 aromatic rings. The molecule has 12 heavy (non-hydrogen) atoms. The molecule has 0 radical (unpaired) electrons. The summed E-state index contributed by atoms with van der Waals surface area (Å²) in [4.78, 5) is 23.4. The summed E-state index contributed by atoms with van der Waals surface area (Å²) in [5, 5.41) is 3.89. The van der Waals surface area contributed by atoms with Gasteiger partial charge in [0.15, 0.2) is 0 Å². The summed E-state index contributed by atoms with van der Waals surface area (Å²) in [5.74, 6) is -0.254. The van der Waals surface area contributed by atoms with Crippen molar-refractivity contribution >= 4 is 34.7 Å². The van der Waals surface area contributed by atoms with Crippen LogP contribution in [0, 0.1) is 0 Å². The Hall–Kier alpha value is -0.680. The lowest BCUT2D eigenvalue weighted by Gasteiger charge is -1.95. The Bertz CT molecular complexity index is 309. The van der Waals surface area contributed by atoms with E-state index < -0.39 is 0 Å². The molecular weight excluding hydrogens is 194 g/mol. The molecule has 0 spiro atoms. The quantitative estimate of drug-likeness (QED) is 0.604. The van der Waals surface area contributed by atoms with Crippen molar-refractivity contribution in [3.63, 3.8) is 0 Å². The topological polar surface area (TPSA) is 46.2 Å². The van der Waals surface area contributed by atoms with Gasteiger partial charge in [0.1, 0.15) is 0 Å². The SMILES string of the molecule is O=C1NC(=O)/C(=C2\CC=CS2)S1. The predicted molar refractivity (Wildman–Crippen MR) is 49.5 cm³/mol. The predicted octanol–water partition coefficient (Wildman–Crippen LogP) is 1.83. The van der Waals surface area contributed by atoms with Crippen LogP contribution in [0.15, 0.2) is 21.3 Å². The summed E-state index contributed by atoms with van der Waals surface area (Å²) in [7, 11) is 0. The van der Waals surface area contributed by atoms with Gasteiger partial charge in [0.25, 0.3) is 11.1 Å². The Balaban J connectivity index is 2.29. The molecule has 3 nitrogen and oxygen atoms in total. The Morgan fingerprint density at radius 1 is 1.42 bits per heavy atom. The molecule has 5 heteroatoms. The molecule has 2 aliphatic heterocycles. The first-order valence-corrected chi connectivity index (χ1v) is 5.05. The minimum atomic E-state index is -0.269. The Kier molecular flexibility index (Phi) is 1.98. The lowest BCUT2D eigenvalue weighted by atomic mass is 10.3. The van der Waals surface area contributed by atoms with Crippen molar-refractivity contribution in [2.45, 2.75) is 6.42 Å². The molecule has 1 fully saturated rings. The van der Waals surface area contributed by atoms with Crippen LogP contribution in [-0.4, -0.2) is 11.1 Å². The van der Waals surface area contributed by atoms with Crippen LogP contribution in [0.5, 0.6) is 0 Å². The second-order valence-corrected chi connectivity index (χ2v) is 4.27. The zero-order valence-electron chi connectivity index (χ0n) is 5.99. The van der Waals surface area contributed by atoms with Crippen molar-refractivity contribution < 1.29 is 9.59 Å². The van der Waals surface area contributed by atoms with Crippen LogP contribution in [0.4, 0.5) is 4.79 Å². The monoisotopic (exact) mass is 199 g/mol. The number of hydrogen-bond acceptors (Lipinski definition) is 4. The highest BCUT2D eigenvalue weighted by atomic mass is 32.2. The van der Waals surface area contributed by atoms with Crippen LogP contribution in [0.25, 0.3) is 0 Å². The van der Waals surface area contributed by atoms with Crippen LogP contribution in [0.3, 0.4) is 0 Å². The second kappa shape index (κ2) is 2.99. The van der Waals surface area contributed by atoms with Gasteiger partial charge in [0, 0.05) is 4.91 Å². The molecule has 1 N–H and O–H groups in total. The molecule has 2 amide bonds. The van der Waals surface area contributed by atoms with E-state index in [0.717, 1.165) is 23.1 Å². The van der Waals surface area contributed by atoms with E-state index >= 15 is 0 Å². The van der Waals surface area contributed by atoms with Gasteiger partial charge < -0.3 is 0 Å². The number of amides is 2. The molecule has 2 aliphatic rings. The summed E-state index contributed by atoms with van der Waals surface area (Å²) in [6.45, 7) is 0. The number of carbonyl (C=O) groups excluding carboxylic acids is 2. The summed E-state index contributed by atoms with van der Waals surface area (Å²) >= 11 is 2.50. The summed E-state index contributed by atoms with van der Waals surface area (Å²) in [6, 6.07) is 0. The van der Waals surface area contributed by atoms with E-state index in [0.29, 0.717) is 4.91 Å². The summed E-state index contributed by atoms with van der Waals surface area (Å²) in [5.41, 5.74) is 0. The molecular formula is C7H5NO2S2. The van der Waals surface area contributed by atoms with Gasteiger partial charge in [-0.3, -0.25) is 14.9 Å². The van der Waals surface area contributed by atoms with Crippen LogP contribution >= 0.6 is 23.5 Å². The Morgan fingerprint density at radius 2 is 2.25 bits per heavy atom. The molecule has 62 valence electrons. The smallest absolute Gasteiger partial charge is 0.282 e. The number of imide groups is 1. The highest BCUT2D eigenvalue weighted by molar-refractivity contribution is 8.19. The van der Waals surface area contributed by atoms with Gasteiger partial charge >= 0.3 is 0 Å². The summed E-state index contributed by atoms with van der Waals surface area (Å²) < 4.78 is 0. The normalized spacial score (nSPS) is 28.3. The molecule has 0 aromatic heterocycles. The van der Waals surface area contributed by atoms with Crippen molar-refractivity contribution in [1.82, 2.24) is 5.32 Å². The third-order valence-electron chi connectivity index (χ3n) is 1.48. The van der Waals surface area contributed by atoms with E-state index in [1.807, 2.05) is 11.5 Å². The van der Waals surface area contributed by atoms with E-state index in [4.69, 9.17) is 0 Å². The van der Waals surface area contributed by atoms with Crippen molar-refractivity contribution in [2.24, 2.45) is 0 Å². The molecule has 0 atom stereocenters. The average molecular weight is 199 g/mol. The van der Waals surface area contributed by atoms with Gasteiger partial charge in [-0.1, -0.05) is 6.08 Å². The van der Waals surface area contributed by atoms with Crippen LogP contribution < -0.4 is 5.32 Å². The van der Waals surface area contributed by atoms with Gasteiger partial charge in [0.2, 0.25) is 0 Å². The molecule has 0 unspecified atom stereocenters. The van der Waals surface area contributed by atoms with Gasteiger partial charge in [-0.2, -0.15) is 0 Å². The van der Waals surface area contributed by atoms with Crippen molar-refractivity contribution in [1.29, 1.82) is 0 Å². The van der Waals surface area contributed by atoms with Crippen molar-refractivity contribution in [3.05, 3.63) is 21.3 Å². The highest BCUT2D eigenvalue weighted by Gasteiger charge is 2.28. The molecule has 0 saturated carbocycles. The Morgan fingerprint density at radius 3 is 2.75 bits per heavy atom.